The van der Waals surface area contributed by atoms with Crippen LogP contribution in [0.25, 0.3) is 0 Å². The summed E-state index contributed by atoms with van der Waals surface area (Å²) >= 11 is 0. The van der Waals surface area contributed by atoms with Gasteiger partial charge >= 0.3 is 6.09 Å². The molecule has 1 aromatic rings. The number of carbonyl (C=O) groups is 1. The van der Waals surface area contributed by atoms with E-state index in [0.717, 1.165) is 25.0 Å². The van der Waals surface area contributed by atoms with Crippen LogP contribution in [0, 0.1) is 10.1 Å². The van der Waals surface area contributed by atoms with E-state index >= 15 is 0 Å². The van der Waals surface area contributed by atoms with Gasteiger partial charge in [0.2, 0.25) is 0 Å². The first-order valence-corrected chi connectivity index (χ1v) is 6.51. The zero-order chi connectivity index (χ0) is 16.0. The number of benzene rings is 1. The van der Waals surface area contributed by atoms with Crippen molar-refractivity contribution in [3.8, 4) is 11.5 Å². The van der Waals surface area contributed by atoms with Gasteiger partial charge in [-0.3, -0.25) is 10.1 Å². The van der Waals surface area contributed by atoms with E-state index in [0.29, 0.717) is 6.54 Å². The van der Waals surface area contributed by atoms with Crippen LogP contribution >= 0.6 is 0 Å². The van der Waals surface area contributed by atoms with E-state index in [2.05, 4.69) is 5.32 Å². The highest BCUT2D eigenvalue weighted by atomic mass is 16.6. The van der Waals surface area contributed by atoms with Gasteiger partial charge in [-0.1, -0.05) is 13.3 Å². The van der Waals surface area contributed by atoms with Crippen molar-refractivity contribution < 1.29 is 24.7 Å². The molecular formula is C13H18N2O6. The summed E-state index contributed by atoms with van der Waals surface area (Å²) in [4.78, 5) is 21.7. The predicted octanol–water partition coefficient (Wildman–Crippen LogP) is 2.59. The Hall–Kier alpha value is -2.51. The lowest BCUT2D eigenvalue weighted by atomic mass is 10.1. The molecule has 8 heteroatoms. The zero-order valence-electron chi connectivity index (χ0n) is 11.8. The summed E-state index contributed by atoms with van der Waals surface area (Å²) in [5.74, 6) is -1.12. The average molecular weight is 298 g/mol. The number of rotatable bonds is 6. The molecule has 0 aromatic heterocycles. The van der Waals surface area contributed by atoms with Crippen LogP contribution in [0.4, 0.5) is 10.5 Å². The van der Waals surface area contributed by atoms with Crippen LogP contribution in [-0.4, -0.2) is 27.8 Å². The normalized spacial score (nSPS) is 11.7. The van der Waals surface area contributed by atoms with Crippen molar-refractivity contribution in [2.45, 2.75) is 32.8 Å². The fraction of sp³-hybridized carbons (Fsp3) is 0.462. The van der Waals surface area contributed by atoms with E-state index in [1.807, 2.05) is 6.92 Å². The molecule has 1 atom stereocenters. The highest BCUT2D eigenvalue weighted by Crippen LogP contribution is 2.36. The summed E-state index contributed by atoms with van der Waals surface area (Å²) in [7, 11) is 0. The molecule has 21 heavy (non-hydrogen) atoms. The quantitative estimate of drug-likeness (QED) is 0.321. The third-order valence-corrected chi connectivity index (χ3v) is 2.84. The Bertz CT molecular complexity index is 532. The number of carbonyl (C=O) groups excluding carboxylic acids is 1. The summed E-state index contributed by atoms with van der Waals surface area (Å²) in [5.41, 5.74) is -0.430. The summed E-state index contributed by atoms with van der Waals surface area (Å²) in [5, 5.41) is 32.2. The number of nitro benzene ring substituents is 1. The van der Waals surface area contributed by atoms with Crippen LogP contribution < -0.4 is 5.32 Å². The topological polar surface area (TPSA) is 122 Å². The number of phenolic OH excluding ortho intramolecular Hbond substituents is 2. The van der Waals surface area contributed by atoms with Gasteiger partial charge in [0.15, 0.2) is 11.5 Å². The van der Waals surface area contributed by atoms with Gasteiger partial charge in [0.1, 0.15) is 6.10 Å². The van der Waals surface area contributed by atoms with Gasteiger partial charge < -0.3 is 20.3 Å². The minimum atomic E-state index is -0.946. The van der Waals surface area contributed by atoms with Gasteiger partial charge in [-0.25, -0.2) is 4.79 Å². The molecule has 0 fully saturated rings. The number of aromatic hydroxyl groups is 2. The first kappa shape index (κ1) is 16.5. The van der Waals surface area contributed by atoms with Crippen LogP contribution in [0.5, 0.6) is 11.5 Å². The monoisotopic (exact) mass is 298 g/mol. The number of alkyl carbamates (subject to hydrolysis) is 1. The highest BCUT2D eigenvalue weighted by Gasteiger charge is 2.24. The third-order valence-electron chi connectivity index (χ3n) is 2.84. The molecule has 0 spiro atoms. The van der Waals surface area contributed by atoms with E-state index < -0.39 is 34.3 Å². The molecule has 0 aliphatic heterocycles. The molecule has 8 nitrogen and oxygen atoms in total. The molecule has 0 saturated carbocycles. The van der Waals surface area contributed by atoms with Crippen LogP contribution in [0.1, 0.15) is 38.4 Å². The minimum absolute atomic E-state index is 0.000872. The van der Waals surface area contributed by atoms with E-state index in [1.54, 1.807) is 0 Å². The Kier molecular flexibility index (Phi) is 5.77. The number of unbranched alkanes of at least 4 members (excludes halogenated alkanes) is 1. The first-order valence-electron chi connectivity index (χ1n) is 6.51. The minimum Gasteiger partial charge on any atom is -0.504 e. The maximum atomic E-state index is 11.5. The molecule has 1 unspecified atom stereocenters. The second-order valence-corrected chi connectivity index (χ2v) is 4.48. The fourth-order valence-corrected chi connectivity index (χ4v) is 1.70. The Morgan fingerprint density at radius 3 is 2.62 bits per heavy atom. The lowest BCUT2D eigenvalue weighted by Crippen LogP contribution is -2.26. The van der Waals surface area contributed by atoms with Crippen molar-refractivity contribution in [3.63, 3.8) is 0 Å². The molecule has 3 N–H and O–H groups in total. The lowest BCUT2D eigenvalue weighted by Gasteiger charge is -2.15. The maximum Gasteiger partial charge on any atom is 0.407 e. The number of amides is 1. The van der Waals surface area contributed by atoms with Crippen LogP contribution in [0.3, 0.4) is 0 Å². The summed E-state index contributed by atoms with van der Waals surface area (Å²) in [6.45, 7) is 3.86. The molecule has 0 aliphatic carbocycles. The van der Waals surface area contributed by atoms with Crippen molar-refractivity contribution in [2.75, 3.05) is 6.54 Å². The Labute approximate surface area is 121 Å². The number of ether oxygens (including phenoxy) is 1. The zero-order valence-corrected chi connectivity index (χ0v) is 11.8. The molecule has 0 saturated heterocycles. The molecule has 1 rings (SSSR count). The Morgan fingerprint density at radius 2 is 2.05 bits per heavy atom. The standard InChI is InChI=1S/C13H18N2O6/c1-3-4-5-14-13(18)21-8(2)9-6-11(16)12(17)7-10(9)15(19)20/h6-8,16-17H,3-5H2,1-2H3,(H,14,18). The molecule has 116 valence electrons. The van der Waals surface area contributed by atoms with Crippen molar-refractivity contribution >= 4 is 11.8 Å². The van der Waals surface area contributed by atoms with Crippen molar-refractivity contribution in [2.24, 2.45) is 0 Å². The molecule has 0 aliphatic rings. The SMILES string of the molecule is CCCCNC(=O)OC(C)c1cc(O)c(O)cc1[N+](=O)[O-]. The van der Waals surface area contributed by atoms with E-state index in [-0.39, 0.29) is 5.56 Å². The molecule has 1 amide bonds. The maximum absolute atomic E-state index is 11.5. The number of nitro groups is 1. The van der Waals surface area contributed by atoms with Crippen LogP contribution in [0.15, 0.2) is 12.1 Å². The number of hydrogen-bond donors (Lipinski definition) is 3. The fourth-order valence-electron chi connectivity index (χ4n) is 1.70. The lowest BCUT2D eigenvalue weighted by molar-refractivity contribution is -0.386. The smallest absolute Gasteiger partial charge is 0.407 e. The van der Waals surface area contributed by atoms with E-state index in [9.17, 15) is 25.1 Å². The van der Waals surface area contributed by atoms with Crippen molar-refractivity contribution in [3.05, 3.63) is 27.8 Å². The second kappa shape index (κ2) is 7.32. The Balaban J connectivity index is 2.86. The van der Waals surface area contributed by atoms with Gasteiger partial charge in [-0.2, -0.15) is 0 Å². The molecule has 1 aromatic carbocycles. The predicted molar refractivity (Wildman–Crippen MR) is 74.2 cm³/mol. The van der Waals surface area contributed by atoms with Gasteiger partial charge in [-0.15, -0.1) is 0 Å². The number of nitrogens with zero attached hydrogens (tertiary/aromatic N) is 1. The molecule has 0 radical (unpaired) electrons. The largest absolute Gasteiger partial charge is 0.504 e. The average Bonchev–Trinajstić information content (AvgIpc) is 2.41. The summed E-state index contributed by atoms with van der Waals surface area (Å²) in [6, 6.07) is 1.83. The first-order chi connectivity index (χ1) is 9.86. The van der Waals surface area contributed by atoms with Gasteiger partial charge in [0.05, 0.1) is 16.6 Å². The second-order valence-electron chi connectivity index (χ2n) is 4.48. The van der Waals surface area contributed by atoms with E-state index in [1.165, 1.54) is 6.92 Å². The van der Waals surface area contributed by atoms with Gasteiger partial charge in [-0.05, 0) is 19.4 Å². The molecule has 0 heterocycles. The molecule has 0 bridgehead atoms. The summed E-state index contributed by atoms with van der Waals surface area (Å²) in [6.07, 6.45) is 0.0628. The van der Waals surface area contributed by atoms with E-state index in [4.69, 9.17) is 4.74 Å². The summed E-state index contributed by atoms with van der Waals surface area (Å²) < 4.78 is 5.02. The number of hydrogen-bond acceptors (Lipinski definition) is 6. The van der Waals surface area contributed by atoms with Crippen LogP contribution in [0.2, 0.25) is 0 Å². The third kappa shape index (κ3) is 4.51. The van der Waals surface area contributed by atoms with Gasteiger partial charge in [0, 0.05) is 6.54 Å². The Morgan fingerprint density at radius 1 is 1.43 bits per heavy atom. The van der Waals surface area contributed by atoms with Gasteiger partial charge in [0.25, 0.3) is 5.69 Å². The van der Waals surface area contributed by atoms with Crippen molar-refractivity contribution in [1.82, 2.24) is 5.32 Å². The van der Waals surface area contributed by atoms with Crippen LogP contribution in [-0.2, 0) is 4.74 Å². The molecular weight excluding hydrogens is 280 g/mol. The number of phenols is 2. The highest BCUT2D eigenvalue weighted by molar-refractivity contribution is 5.68. The van der Waals surface area contributed by atoms with Crippen molar-refractivity contribution in [1.29, 1.82) is 0 Å². The number of nitrogens with one attached hydrogen (secondary N) is 1.